The highest BCUT2D eigenvalue weighted by Crippen LogP contribution is 2.19. The van der Waals surface area contributed by atoms with Gasteiger partial charge in [0.15, 0.2) is 0 Å². The van der Waals surface area contributed by atoms with Gasteiger partial charge in [-0.25, -0.2) is 0 Å². The third kappa shape index (κ3) is 19.2. The van der Waals surface area contributed by atoms with Crippen LogP contribution < -0.4 is 0 Å². The third-order valence-corrected chi connectivity index (χ3v) is 7.01. The van der Waals surface area contributed by atoms with Crippen molar-refractivity contribution in [1.29, 1.82) is 0 Å². The van der Waals surface area contributed by atoms with Crippen molar-refractivity contribution in [3.63, 3.8) is 0 Å². The van der Waals surface area contributed by atoms with Crippen LogP contribution in [0.2, 0.25) is 0 Å². The molecule has 0 saturated heterocycles. The number of hydrogen-bond acceptors (Lipinski definition) is 3. The summed E-state index contributed by atoms with van der Waals surface area (Å²) in [7, 11) is -3.90. The maximum Gasteiger partial charge on any atom is 0.267 e. The molecule has 170 valence electrons. The summed E-state index contributed by atoms with van der Waals surface area (Å²) in [5.41, 5.74) is 0. The molecule has 0 bridgehead atoms. The SMILES string of the molecule is CCCCCCCCCC(CCCCCCCCCCCC(C)O)S(=O)(=O)O. The molecular weight excluding hydrogens is 372 g/mol. The first-order valence-electron chi connectivity index (χ1n) is 12.0. The molecule has 0 rings (SSSR count). The van der Waals surface area contributed by atoms with Crippen LogP contribution in [0.1, 0.15) is 136 Å². The fourth-order valence-electron chi connectivity index (χ4n) is 3.82. The summed E-state index contributed by atoms with van der Waals surface area (Å²) in [5.74, 6) is 0. The van der Waals surface area contributed by atoms with Gasteiger partial charge in [0, 0.05) is 0 Å². The van der Waals surface area contributed by atoms with Gasteiger partial charge in [0.2, 0.25) is 0 Å². The zero-order chi connectivity index (χ0) is 21.1. The van der Waals surface area contributed by atoms with Gasteiger partial charge in [-0.1, -0.05) is 110 Å². The maximum atomic E-state index is 11.6. The molecule has 28 heavy (non-hydrogen) atoms. The number of aliphatic hydroxyl groups excluding tert-OH is 1. The van der Waals surface area contributed by atoms with E-state index in [2.05, 4.69) is 6.92 Å². The van der Waals surface area contributed by atoms with E-state index in [1.165, 1.54) is 64.2 Å². The fourth-order valence-corrected chi connectivity index (χ4v) is 4.75. The number of aliphatic hydroxyl groups is 1. The van der Waals surface area contributed by atoms with E-state index in [1.807, 2.05) is 6.92 Å². The molecule has 4 nitrogen and oxygen atoms in total. The van der Waals surface area contributed by atoms with Crippen LogP contribution in [-0.4, -0.2) is 29.4 Å². The van der Waals surface area contributed by atoms with Crippen molar-refractivity contribution in [1.82, 2.24) is 0 Å². The molecule has 0 aromatic carbocycles. The predicted molar refractivity (Wildman–Crippen MR) is 120 cm³/mol. The Bertz CT molecular complexity index is 420. The fraction of sp³-hybridized carbons (Fsp3) is 1.00. The number of unbranched alkanes of at least 4 members (excludes halogenated alkanes) is 14. The minimum absolute atomic E-state index is 0.169. The molecule has 0 saturated carbocycles. The van der Waals surface area contributed by atoms with Gasteiger partial charge in [0.05, 0.1) is 11.4 Å². The Kier molecular flexibility index (Phi) is 18.8. The van der Waals surface area contributed by atoms with Crippen molar-refractivity contribution in [3.8, 4) is 0 Å². The zero-order valence-corrected chi connectivity index (χ0v) is 19.5. The van der Waals surface area contributed by atoms with Crippen LogP contribution in [0.4, 0.5) is 0 Å². The van der Waals surface area contributed by atoms with Gasteiger partial charge in [-0.3, -0.25) is 4.55 Å². The van der Waals surface area contributed by atoms with Crippen LogP contribution in [0.25, 0.3) is 0 Å². The molecule has 0 radical (unpaired) electrons. The average molecular weight is 421 g/mol. The molecule has 0 aliphatic carbocycles. The smallest absolute Gasteiger partial charge is 0.267 e. The van der Waals surface area contributed by atoms with Crippen molar-refractivity contribution in [2.45, 2.75) is 147 Å². The highest BCUT2D eigenvalue weighted by atomic mass is 32.2. The number of hydrogen-bond donors (Lipinski definition) is 2. The molecule has 0 heterocycles. The van der Waals surface area contributed by atoms with Gasteiger partial charge in [0.1, 0.15) is 0 Å². The topological polar surface area (TPSA) is 74.6 Å². The molecule has 2 N–H and O–H groups in total. The van der Waals surface area contributed by atoms with Crippen LogP contribution in [0.5, 0.6) is 0 Å². The Balaban J connectivity index is 3.63. The molecule has 0 aliphatic heterocycles. The lowest BCUT2D eigenvalue weighted by Gasteiger charge is -2.13. The summed E-state index contributed by atoms with van der Waals surface area (Å²) in [5, 5.41) is 8.65. The van der Waals surface area contributed by atoms with Crippen molar-refractivity contribution >= 4 is 10.1 Å². The Morgan fingerprint density at radius 2 is 0.929 bits per heavy atom. The lowest BCUT2D eigenvalue weighted by atomic mass is 10.0. The van der Waals surface area contributed by atoms with Crippen molar-refractivity contribution < 1.29 is 18.1 Å². The molecule has 5 heteroatoms. The molecule has 2 atom stereocenters. The van der Waals surface area contributed by atoms with E-state index in [-0.39, 0.29) is 6.10 Å². The molecule has 0 aromatic rings. The Labute approximate surface area is 175 Å². The van der Waals surface area contributed by atoms with E-state index in [9.17, 15) is 18.1 Å². The molecule has 0 fully saturated rings. The highest BCUT2D eigenvalue weighted by molar-refractivity contribution is 7.86. The molecule has 0 aromatic heterocycles. The van der Waals surface area contributed by atoms with Gasteiger partial charge >= 0.3 is 0 Å². The zero-order valence-electron chi connectivity index (χ0n) is 18.7. The standard InChI is InChI=1S/C23H48O4S/c1-3-4-5-6-10-14-17-20-23(28(25,26)27)21-18-15-12-9-7-8-11-13-16-19-22(2)24/h22-24H,3-21H2,1-2H3,(H,25,26,27). The van der Waals surface area contributed by atoms with Gasteiger partial charge < -0.3 is 5.11 Å². The van der Waals surface area contributed by atoms with E-state index in [1.54, 1.807) is 0 Å². The first-order chi connectivity index (χ1) is 13.4. The van der Waals surface area contributed by atoms with Crippen molar-refractivity contribution in [2.75, 3.05) is 0 Å². The highest BCUT2D eigenvalue weighted by Gasteiger charge is 2.21. The lowest BCUT2D eigenvalue weighted by molar-refractivity contribution is 0.180. The van der Waals surface area contributed by atoms with Crippen LogP contribution in [0.3, 0.4) is 0 Å². The molecule has 2 unspecified atom stereocenters. The monoisotopic (exact) mass is 420 g/mol. The summed E-state index contributed by atoms with van der Waals surface area (Å²) < 4.78 is 32.7. The normalized spacial score (nSPS) is 14.3. The first-order valence-corrected chi connectivity index (χ1v) is 13.5. The van der Waals surface area contributed by atoms with Crippen molar-refractivity contribution in [2.24, 2.45) is 0 Å². The number of rotatable bonds is 21. The van der Waals surface area contributed by atoms with Crippen LogP contribution in [0, 0.1) is 0 Å². The third-order valence-electron chi connectivity index (χ3n) is 5.70. The van der Waals surface area contributed by atoms with E-state index in [0.717, 1.165) is 44.9 Å². The van der Waals surface area contributed by atoms with Crippen LogP contribution >= 0.6 is 0 Å². The molecule has 0 amide bonds. The summed E-state index contributed by atoms with van der Waals surface area (Å²) in [6.45, 7) is 4.05. The second-order valence-electron chi connectivity index (χ2n) is 8.66. The average Bonchev–Trinajstić information content (AvgIpc) is 2.62. The summed E-state index contributed by atoms with van der Waals surface area (Å²) in [6, 6.07) is 0. The Morgan fingerprint density at radius 3 is 1.25 bits per heavy atom. The lowest BCUT2D eigenvalue weighted by Crippen LogP contribution is -2.20. The van der Waals surface area contributed by atoms with Crippen molar-refractivity contribution in [3.05, 3.63) is 0 Å². The van der Waals surface area contributed by atoms with Gasteiger partial charge in [-0.2, -0.15) is 8.42 Å². The van der Waals surface area contributed by atoms with Crippen LogP contribution in [0.15, 0.2) is 0 Å². The Hall–Kier alpha value is -0.130. The second-order valence-corrected chi connectivity index (χ2v) is 10.4. The van der Waals surface area contributed by atoms with Gasteiger partial charge in [-0.05, 0) is 26.2 Å². The van der Waals surface area contributed by atoms with E-state index >= 15 is 0 Å². The van der Waals surface area contributed by atoms with E-state index in [4.69, 9.17) is 0 Å². The van der Waals surface area contributed by atoms with E-state index in [0.29, 0.717) is 12.8 Å². The quantitative estimate of drug-likeness (QED) is 0.154. The first kappa shape index (κ1) is 27.9. The molecular formula is C23H48O4S. The minimum Gasteiger partial charge on any atom is -0.393 e. The summed E-state index contributed by atoms with van der Waals surface area (Å²) in [6.07, 6.45) is 20.6. The molecule has 0 aliphatic rings. The van der Waals surface area contributed by atoms with E-state index < -0.39 is 15.4 Å². The maximum absolute atomic E-state index is 11.6. The minimum atomic E-state index is -3.90. The second kappa shape index (κ2) is 18.9. The van der Waals surface area contributed by atoms with Gasteiger partial charge in [0.25, 0.3) is 10.1 Å². The van der Waals surface area contributed by atoms with Gasteiger partial charge in [-0.15, -0.1) is 0 Å². The Morgan fingerprint density at radius 1 is 0.607 bits per heavy atom. The summed E-state index contributed by atoms with van der Waals surface area (Å²) >= 11 is 0. The summed E-state index contributed by atoms with van der Waals surface area (Å²) in [4.78, 5) is 0. The predicted octanol–water partition coefficient (Wildman–Crippen LogP) is 7.06. The van der Waals surface area contributed by atoms with Crippen LogP contribution in [-0.2, 0) is 10.1 Å². The molecule has 0 spiro atoms. The largest absolute Gasteiger partial charge is 0.393 e.